The van der Waals surface area contributed by atoms with Crippen LogP contribution in [0.4, 0.5) is 0 Å². The molecule has 0 saturated carbocycles. The maximum Gasteiger partial charge on any atom is 0.274 e. The van der Waals surface area contributed by atoms with Gasteiger partial charge in [-0.15, -0.1) is 0 Å². The highest BCUT2D eigenvalue weighted by Crippen LogP contribution is 2.21. The van der Waals surface area contributed by atoms with Crippen molar-refractivity contribution >= 4 is 26.5 Å². The van der Waals surface area contributed by atoms with Gasteiger partial charge in [0.2, 0.25) is 0 Å². The third-order valence-electron chi connectivity index (χ3n) is 5.12. The van der Waals surface area contributed by atoms with Gasteiger partial charge in [0.25, 0.3) is 11.5 Å². The van der Waals surface area contributed by atoms with E-state index >= 15 is 0 Å². The average molecular weight is 391 g/mol. The van der Waals surface area contributed by atoms with E-state index in [0.717, 1.165) is 19.3 Å². The van der Waals surface area contributed by atoms with Crippen molar-refractivity contribution < 1.29 is 13.2 Å². The standard InChI is InChI=1S/C19H25N3O4S/c1-3-4-7-11-22-18(23)16-9-6-5-8-15(16)17(20-22)19(24)21(2)14-10-12-27(25,26)13-14/h5-6,8-9,14H,3-4,7,10-13H2,1-2H3. The number of amides is 1. The summed E-state index contributed by atoms with van der Waals surface area (Å²) in [5.41, 5.74) is -0.00199. The van der Waals surface area contributed by atoms with Gasteiger partial charge < -0.3 is 4.90 Å². The van der Waals surface area contributed by atoms with Crippen molar-refractivity contribution in [1.82, 2.24) is 14.7 Å². The Balaban J connectivity index is 2.00. The monoisotopic (exact) mass is 391 g/mol. The smallest absolute Gasteiger partial charge is 0.274 e. The molecule has 0 bridgehead atoms. The summed E-state index contributed by atoms with van der Waals surface area (Å²) >= 11 is 0. The van der Waals surface area contributed by atoms with E-state index in [2.05, 4.69) is 12.0 Å². The van der Waals surface area contributed by atoms with E-state index in [0.29, 0.717) is 23.7 Å². The third-order valence-corrected chi connectivity index (χ3v) is 6.87. The number of sulfone groups is 1. The maximum atomic E-state index is 13.1. The zero-order valence-corrected chi connectivity index (χ0v) is 16.5. The van der Waals surface area contributed by atoms with Gasteiger partial charge in [-0.25, -0.2) is 13.1 Å². The first kappa shape index (κ1) is 19.5. The van der Waals surface area contributed by atoms with Crippen LogP contribution in [0, 0.1) is 0 Å². The van der Waals surface area contributed by atoms with Gasteiger partial charge in [0, 0.05) is 25.0 Å². The first-order valence-corrected chi connectivity index (χ1v) is 11.1. The van der Waals surface area contributed by atoms with E-state index in [1.165, 1.54) is 9.58 Å². The number of unbranched alkanes of at least 4 members (excludes halogenated alkanes) is 2. The molecule has 2 aromatic rings. The SMILES string of the molecule is CCCCCn1nc(C(=O)N(C)C2CCS(=O)(=O)C2)c2ccccc2c1=O. The average Bonchev–Trinajstić information content (AvgIpc) is 3.02. The number of nitrogens with zero attached hydrogens (tertiary/aromatic N) is 3. The van der Waals surface area contributed by atoms with Gasteiger partial charge in [-0.05, 0) is 18.9 Å². The molecule has 0 aliphatic carbocycles. The van der Waals surface area contributed by atoms with Crippen LogP contribution in [0.15, 0.2) is 29.1 Å². The summed E-state index contributed by atoms with van der Waals surface area (Å²) in [5.74, 6) is -0.277. The molecule has 1 saturated heterocycles. The first-order valence-electron chi connectivity index (χ1n) is 9.31. The minimum atomic E-state index is -3.10. The van der Waals surface area contributed by atoms with E-state index < -0.39 is 9.84 Å². The fourth-order valence-corrected chi connectivity index (χ4v) is 5.24. The second-order valence-corrected chi connectivity index (χ2v) is 9.33. The number of hydrogen-bond acceptors (Lipinski definition) is 5. The zero-order chi connectivity index (χ0) is 19.6. The van der Waals surface area contributed by atoms with Crippen molar-refractivity contribution in [2.45, 2.75) is 45.2 Å². The normalized spacial score (nSPS) is 18.7. The predicted octanol–water partition coefficient (Wildman–Crippen LogP) is 1.85. The molecule has 0 radical (unpaired) electrons. The van der Waals surface area contributed by atoms with Crippen LogP contribution < -0.4 is 5.56 Å². The number of aryl methyl sites for hydroxylation is 1. The fraction of sp³-hybridized carbons (Fsp3) is 0.526. The Labute approximate surface area is 158 Å². The number of carbonyl (C=O) groups is 1. The molecule has 27 heavy (non-hydrogen) atoms. The number of carbonyl (C=O) groups excluding carboxylic acids is 1. The molecule has 0 N–H and O–H groups in total. The maximum absolute atomic E-state index is 13.1. The largest absolute Gasteiger partial charge is 0.336 e. The first-order chi connectivity index (χ1) is 12.8. The lowest BCUT2D eigenvalue weighted by Gasteiger charge is -2.23. The summed E-state index contributed by atoms with van der Waals surface area (Å²) in [7, 11) is -1.49. The molecule has 146 valence electrons. The van der Waals surface area contributed by atoms with Crippen LogP contribution >= 0.6 is 0 Å². The summed E-state index contributed by atoms with van der Waals surface area (Å²) in [5, 5.41) is 5.33. The highest BCUT2D eigenvalue weighted by molar-refractivity contribution is 7.91. The Morgan fingerprint density at radius 1 is 1.26 bits per heavy atom. The Morgan fingerprint density at radius 2 is 1.96 bits per heavy atom. The van der Waals surface area contributed by atoms with E-state index in [9.17, 15) is 18.0 Å². The molecule has 1 aromatic carbocycles. The number of rotatable bonds is 6. The molecule has 1 unspecified atom stereocenters. The van der Waals surface area contributed by atoms with Crippen molar-refractivity contribution in [2.24, 2.45) is 0 Å². The quantitative estimate of drug-likeness (QED) is 0.701. The van der Waals surface area contributed by atoms with Crippen molar-refractivity contribution in [2.75, 3.05) is 18.6 Å². The molecular weight excluding hydrogens is 366 g/mol. The van der Waals surface area contributed by atoms with Crippen LogP contribution in [-0.2, 0) is 16.4 Å². The highest BCUT2D eigenvalue weighted by Gasteiger charge is 2.34. The Bertz CT molecular complexity index is 1010. The summed E-state index contributed by atoms with van der Waals surface area (Å²) in [6, 6.07) is 6.59. The van der Waals surface area contributed by atoms with Crippen LogP contribution in [0.3, 0.4) is 0 Å². The number of fused-ring (bicyclic) bond motifs is 1. The van der Waals surface area contributed by atoms with Gasteiger partial charge in [0.15, 0.2) is 15.5 Å². The minimum absolute atomic E-state index is 0.0245. The summed E-state index contributed by atoms with van der Waals surface area (Å²) in [6.45, 7) is 2.54. The van der Waals surface area contributed by atoms with E-state index in [4.69, 9.17) is 0 Å². The fourth-order valence-electron chi connectivity index (χ4n) is 3.47. The number of aromatic nitrogens is 2. The predicted molar refractivity (Wildman–Crippen MR) is 105 cm³/mol. The number of benzene rings is 1. The molecule has 3 rings (SSSR count). The molecule has 1 aliphatic heterocycles. The Hall–Kier alpha value is -2.22. The zero-order valence-electron chi connectivity index (χ0n) is 15.7. The summed E-state index contributed by atoms with van der Waals surface area (Å²) in [6.07, 6.45) is 3.24. The second kappa shape index (κ2) is 7.80. The third kappa shape index (κ3) is 4.05. The van der Waals surface area contributed by atoms with Gasteiger partial charge in [-0.3, -0.25) is 9.59 Å². The molecule has 8 heteroatoms. The van der Waals surface area contributed by atoms with Crippen LogP contribution in [-0.4, -0.2) is 53.6 Å². The lowest BCUT2D eigenvalue weighted by molar-refractivity contribution is 0.0741. The molecule has 1 aliphatic rings. The molecule has 1 amide bonds. The van der Waals surface area contributed by atoms with E-state index in [1.807, 2.05) is 0 Å². The lowest BCUT2D eigenvalue weighted by Crippen LogP contribution is -2.39. The van der Waals surface area contributed by atoms with Crippen molar-refractivity contribution in [1.29, 1.82) is 0 Å². The number of hydrogen-bond donors (Lipinski definition) is 0. The molecular formula is C19H25N3O4S. The molecule has 1 atom stereocenters. The van der Waals surface area contributed by atoms with Crippen LogP contribution in [0.2, 0.25) is 0 Å². The van der Waals surface area contributed by atoms with Gasteiger partial charge in [0.05, 0.1) is 16.9 Å². The van der Waals surface area contributed by atoms with Crippen molar-refractivity contribution in [3.8, 4) is 0 Å². The molecule has 7 nitrogen and oxygen atoms in total. The summed E-state index contributed by atoms with van der Waals surface area (Å²) < 4.78 is 24.9. The van der Waals surface area contributed by atoms with Crippen LogP contribution in [0.1, 0.15) is 43.1 Å². The second-order valence-electron chi connectivity index (χ2n) is 7.10. The molecule has 1 aromatic heterocycles. The summed E-state index contributed by atoms with van der Waals surface area (Å²) in [4.78, 5) is 27.3. The molecule has 2 heterocycles. The van der Waals surface area contributed by atoms with Crippen LogP contribution in [0.25, 0.3) is 10.8 Å². The van der Waals surface area contributed by atoms with Crippen molar-refractivity contribution in [3.63, 3.8) is 0 Å². The van der Waals surface area contributed by atoms with Gasteiger partial charge in [0.1, 0.15) is 0 Å². The van der Waals surface area contributed by atoms with Crippen LogP contribution in [0.5, 0.6) is 0 Å². The highest BCUT2D eigenvalue weighted by atomic mass is 32.2. The topological polar surface area (TPSA) is 89.3 Å². The van der Waals surface area contributed by atoms with E-state index in [1.54, 1.807) is 31.3 Å². The van der Waals surface area contributed by atoms with Crippen molar-refractivity contribution in [3.05, 3.63) is 40.3 Å². The lowest BCUT2D eigenvalue weighted by atomic mass is 10.1. The molecule has 1 fully saturated rings. The van der Waals surface area contributed by atoms with Gasteiger partial charge in [-0.1, -0.05) is 38.0 Å². The van der Waals surface area contributed by atoms with Gasteiger partial charge >= 0.3 is 0 Å². The Morgan fingerprint density at radius 3 is 2.59 bits per heavy atom. The van der Waals surface area contributed by atoms with Gasteiger partial charge in [-0.2, -0.15) is 5.10 Å². The minimum Gasteiger partial charge on any atom is -0.336 e. The molecule has 0 spiro atoms. The Kier molecular flexibility index (Phi) is 5.64. The van der Waals surface area contributed by atoms with E-state index in [-0.39, 0.29) is 34.7 Å².